The van der Waals surface area contributed by atoms with Crippen molar-refractivity contribution in [1.29, 1.82) is 0 Å². The van der Waals surface area contributed by atoms with Crippen molar-refractivity contribution < 1.29 is 4.74 Å². The average Bonchev–Trinajstić information content (AvgIpc) is 3.25. The van der Waals surface area contributed by atoms with Crippen molar-refractivity contribution in [2.45, 2.75) is 25.8 Å². The molecule has 0 aliphatic carbocycles. The maximum absolute atomic E-state index is 5.85. The van der Waals surface area contributed by atoms with Crippen molar-refractivity contribution >= 4 is 28.3 Å². The van der Waals surface area contributed by atoms with Gasteiger partial charge in [-0.2, -0.15) is 14.6 Å². The molecule has 4 heterocycles. The minimum Gasteiger partial charge on any atom is -0.381 e. The van der Waals surface area contributed by atoms with Crippen LogP contribution in [-0.4, -0.2) is 44.1 Å². The maximum atomic E-state index is 5.85. The largest absolute Gasteiger partial charge is 0.381 e. The lowest BCUT2D eigenvalue weighted by Crippen LogP contribution is -2.29. The van der Waals surface area contributed by atoms with Gasteiger partial charge in [0.15, 0.2) is 5.65 Å². The molecule has 1 aliphatic heterocycles. The van der Waals surface area contributed by atoms with Crippen LogP contribution >= 0.6 is 0 Å². The molecule has 1 fully saturated rings. The molecule has 4 N–H and O–H groups in total. The molecule has 27 heavy (non-hydrogen) atoms. The number of aromatic nitrogens is 5. The molecule has 3 aromatic heterocycles. The first-order chi connectivity index (χ1) is 13.2. The highest BCUT2D eigenvalue weighted by Crippen LogP contribution is 2.32. The van der Waals surface area contributed by atoms with Gasteiger partial charge in [0.25, 0.3) is 0 Å². The summed E-state index contributed by atoms with van der Waals surface area (Å²) < 4.78 is 7.28. The summed E-state index contributed by atoms with van der Waals surface area (Å²) in [6, 6.07) is 10.7. The van der Waals surface area contributed by atoms with E-state index in [1.165, 1.54) is 0 Å². The summed E-state index contributed by atoms with van der Waals surface area (Å²) in [5, 5.41) is 16.6. The quantitative estimate of drug-likeness (QED) is 0.517. The van der Waals surface area contributed by atoms with E-state index >= 15 is 0 Å². The molecule has 0 spiro atoms. The molecular weight excluding hydrogens is 342 g/mol. The number of aromatic amines is 1. The number of aryl methyl sites for hydroxylation is 1. The number of rotatable bonds is 3. The van der Waals surface area contributed by atoms with Gasteiger partial charge in [0.05, 0.1) is 11.2 Å². The number of benzene rings is 1. The molecule has 5 rings (SSSR count). The van der Waals surface area contributed by atoms with Crippen LogP contribution in [0.4, 0.5) is 11.8 Å². The SMILES string of the molecule is Cc1n[nH]c2cc(-c3ccc4nc(N)nn4c3NC3CCOCC3)ccc12. The summed E-state index contributed by atoms with van der Waals surface area (Å²) in [4.78, 5) is 4.30. The molecule has 138 valence electrons. The first-order valence-corrected chi connectivity index (χ1v) is 9.14. The van der Waals surface area contributed by atoms with E-state index in [1.54, 1.807) is 4.52 Å². The Bertz CT molecular complexity index is 1120. The average molecular weight is 363 g/mol. The molecule has 1 aromatic carbocycles. The number of nitrogens with two attached hydrogens (primary N) is 1. The van der Waals surface area contributed by atoms with Crippen LogP contribution in [0.3, 0.4) is 0 Å². The standard InChI is InChI=1S/C19H21N7O/c1-11-14-3-2-12(10-16(14)24-23-11)15-4-5-17-22-19(20)25-26(17)18(15)21-13-6-8-27-9-7-13/h2-5,10,13,21H,6-9H2,1H3,(H2,20,25)(H,23,24). The third-order valence-electron chi connectivity index (χ3n) is 5.14. The van der Waals surface area contributed by atoms with Gasteiger partial charge in [0.1, 0.15) is 5.82 Å². The molecular formula is C19H21N7O. The second-order valence-electron chi connectivity index (χ2n) is 6.94. The van der Waals surface area contributed by atoms with Gasteiger partial charge in [-0.05, 0) is 43.5 Å². The molecule has 1 saturated heterocycles. The van der Waals surface area contributed by atoms with E-state index in [2.05, 4.69) is 49.9 Å². The number of pyridine rings is 1. The Morgan fingerprint density at radius 2 is 2.07 bits per heavy atom. The number of H-pyrrole nitrogens is 1. The molecule has 0 bridgehead atoms. The lowest BCUT2D eigenvalue weighted by atomic mass is 10.0. The van der Waals surface area contributed by atoms with E-state index < -0.39 is 0 Å². The third kappa shape index (κ3) is 2.78. The highest BCUT2D eigenvalue weighted by molar-refractivity contribution is 5.88. The number of nitrogens with one attached hydrogen (secondary N) is 2. The fourth-order valence-electron chi connectivity index (χ4n) is 3.70. The minimum atomic E-state index is 0.266. The number of hydrogen-bond donors (Lipinski definition) is 3. The van der Waals surface area contributed by atoms with Crippen LogP contribution in [-0.2, 0) is 4.74 Å². The predicted octanol–water partition coefficient (Wildman–Crippen LogP) is 2.75. The summed E-state index contributed by atoms with van der Waals surface area (Å²) in [5.41, 5.74) is 10.7. The van der Waals surface area contributed by atoms with Gasteiger partial charge in [-0.3, -0.25) is 5.10 Å². The lowest BCUT2D eigenvalue weighted by molar-refractivity contribution is 0.0903. The fourth-order valence-corrected chi connectivity index (χ4v) is 3.70. The zero-order chi connectivity index (χ0) is 18.4. The van der Waals surface area contributed by atoms with Gasteiger partial charge in [-0.25, -0.2) is 0 Å². The normalized spacial score (nSPS) is 15.6. The summed E-state index contributed by atoms with van der Waals surface area (Å²) in [6.07, 6.45) is 1.91. The molecule has 0 amide bonds. The Kier molecular flexibility index (Phi) is 3.71. The minimum absolute atomic E-state index is 0.266. The van der Waals surface area contributed by atoms with E-state index in [-0.39, 0.29) is 5.95 Å². The van der Waals surface area contributed by atoms with Crippen molar-refractivity contribution in [2.75, 3.05) is 24.3 Å². The predicted molar refractivity (Wildman–Crippen MR) is 105 cm³/mol. The molecule has 0 unspecified atom stereocenters. The molecule has 0 radical (unpaired) electrons. The molecule has 1 aliphatic rings. The first-order valence-electron chi connectivity index (χ1n) is 9.14. The zero-order valence-corrected chi connectivity index (χ0v) is 15.1. The number of nitrogen functional groups attached to an aromatic ring is 1. The van der Waals surface area contributed by atoms with Crippen LogP contribution < -0.4 is 11.1 Å². The van der Waals surface area contributed by atoms with E-state index in [9.17, 15) is 0 Å². The maximum Gasteiger partial charge on any atom is 0.240 e. The van der Waals surface area contributed by atoms with Crippen LogP contribution in [0.15, 0.2) is 30.3 Å². The molecule has 0 saturated carbocycles. The van der Waals surface area contributed by atoms with Gasteiger partial charge < -0.3 is 15.8 Å². The summed E-state index contributed by atoms with van der Waals surface area (Å²) in [5.74, 6) is 1.17. The second-order valence-corrected chi connectivity index (χ2v) is 6.94. The van der Waals surface area contributed by atoms with Gasteiger partial charge in [-0.1, -0.05) is 12.1 Å². The van der Waals surface area contributed by atoms with Crippen molar-refractivity contribution in [3.63, 3.8) is 0 Å². The Labute approximate surface area is 155 Å². The molecule has 8 nitrogen and oxygen atoms in total. The second kappa shape index (κ2) is 6.24. The van der Waals surface area contributed by atoms with Gasteiger partial charge in [-0.15, -0.1) is 5.10 Å². The molecule has 0 atom stereocenters. The van der Waals surface area contributed by atoms with Crippen LogP contribution in [0.25, 0.3) is 27.7 Å². The number of hydrogen-bond acceptors (Lipinski definition) is 6. The first kappa shape index (κ1) is 16.1. The van der Waals surface area contributed by atoms with Crippen LogP contribution in [0.5, 0.6) is 0 Å². The number of nitrogens with zero attached hydrogens (tertiary/aromatic N) is 4. The van der Waals surface area contributed by atoms with Gasteiger partial charge in [0.2, 0.25) is 5.95 Å². The zero-order valence-electron chi connectivity index (χ0n) is 15.1. The van der Waals surface area contributed by atoms with Crippen molar-refractivity contribution in [2.24, 2.45) is 0 Å². The van der Waals surface area contributed by atoms with E-state index in [1.807, 2.05) is 13.0 Å². The number of anilines is 2. The summed E-state index contributed by atoms with van der Waals surface area (Å²) in [6.45, 7) is 3.53. The fraction of sp³-hybridized carbons (Fsp3) is 0.316. The number of fused-ring (bicyclic) bond motifs is 2. The summed E-state index contributed by atoms with van der Waals surface area (Å²) in [7, 11) is 0. The van der Waals surface area contributed by atoms with Crippen LogP contribution in [0.2, 0.25) is 0 Å². The monoisotopic (exact) mass is 363 g/mol. The van der Waals surface area contributed by atoms with Crippen LogP contribution in [0, 0.1) is 6.92 Å². The van der Waals surface area contributed by atoms with Gasteiger partial charge >= 0.3 is 0 Å². The van der Waals surface area contributed by atoms with E-state index in [0.29, 0.717) is 6.04 Å². The molecule has 8 heteroatoms. The highest BCUT2D eigenvalue weighted by atomic mass is 16.5. The van der Waals surface area contributed by atoms with Crippen molar-refractivity contribution in [3.05, 3.63) is 36.0 Å². The summed E-state index contributed by atoms with van der Waals surface area (Å²) >= 11 is 0. The van der Waals surface area contributed by atoms with Gasteiger partial charge in [0, 0.05) is 30.2 Å². The molecule has 4 aromatic rings. The van der Waals surface area contributed by atoms with Crippen LogP contribution in [0.1, 0.15) is 18.5 Å². The smallest absolute Gasteiger partial charge is 0.240 e. The van der Waals surface area contributed by atoms with Crippen molar-refractivity contribution in [1.82, 2.24) is 24.8 Å². The Morgan fingerprint density at radius 3 is 2.93 bits per heavy atom. The van der Waals surface area contributed by atoms with E-state index in [4.69, 9.17) is 10.5 Å². The van der Waals surface area contributed by atoms with E-state index in [0.717, 1.165) is 65.2 Å². The topological polar surface area (TPSA) is 106 Å². The van der Waals surface area contributed by atoms with Crippen molar-refractivity contribution in [3.8, 4) is 11.1 Å². The Morgan fingerprint density at radius 1 is 1.22 bits per heavy atom. The Balaban J connectivity index is 1.66. The Hall–Kier alpha value is -3.13. The highest BCUT2D eigenvalue weighted by Gasteiger charge is 2.19. The third-order valence-corrected chi connectivity index (χ3v) is 5.14. The number of ether oxygens (including phenoxy) is 1. The lowest BCUT2D eigenvalue weighted by Gasteiger charge is -2.25.